The van der Waals surface area contributed by atoms with Gasteiger partial charge in [-0.2, -0.15) is 0 Å². The standard InChI is InChI=1S/C17H16BrNO/c1-11-7-8-13(18)9-12(11)10-16-14-5-3-4-6-15(14)17(20)19(16)2/h3-9,16H,10H2,1-2H3. The van der Waals surface area contributed by atoms with Crippen molar-refractivity contribution < 1.29 is 4.79 Å². The number of rotatable bonds is 2. The van der Waals surface area contributed by atoms with E-state index in [2.05, 4.69) is 47.1 Å². The zero-order valence-electron chi connectivity index (χ0n) is 11.6. The molecular weight excluding hydrogens is 314 g/mol. The van der Waals surface area contributed by atoms with Crippen molar-refractivity contribution in [2.75, 3.05) is 7.05 Å². The topological polar surface area (TPSA) is 20.3 Å². The van der Waals surface area contributed by atoms with Crippen LogP contribution in [0.3, 0.4) is 0 Å². The van der Waals surface area contributed by atoms with Gasteiger partial charge in [0, 0.05) is 17.1 Å². The molecule has 0 aliphatic carbocycles. The molecule has 1 amide bonds. The second-order valence-corrected chi connectivity index (χ2v) is 6.21. The van der Waals surface area contributed by atoms with Gasteiger partial charge in [0.15, 0.2) is 0 Å². The fraction of sp³-hybridized carbons (Fsp3) is 0.235. The molecule has 2 aromatic rings. The Labute approximate surface area is 127 Å². The smallest absolute Gasteiger partial charge is 0.254 e. The van der Waals surface area contributed by atoms with Crippen molar-refractivity contribution in [3.05, 3.63) is 69.2 Å². The minimum atomic E-state index is 0.123. The van der Waals surface area contributed by atoms with E-state index in [1.54, 1.807) is 0 Å². The number of halogens is 1. The van der Waals surface area contributed by atoms with E-state index in [-0.39, 0.29) is 11.9 Å². The minimum absolute atomic E-state index is 0.123. The molecule has 102 valence electrons. The van der Waals surface area contributed by atoms with Crippen LogP contribution in [-0.4, -0.2) is 17.9 Å². The Balaban J connectivity index is 1.99. The summed E-state index contributed by atoms with van der Waals surface area (Å²) in [4.78, 5) is 14.1. The first kappa shape index (κ1) is 13.4. The van der Waals surface area contributed by atoms with Gasteiger partial charge in [0.1, 0.15) is 0 Å². The highest BCUT2D eigenvalue weighted by molar-refractivity contribution is 9.10. The summed E-state index contributed by atoms with van der Waals surface area (Å²) in [5.74, 6) is 0.123. The molecule has 2 aromatic carbocycles. The van der Waals surface area contributed by atoms with E-state index in [9.17, 15) is 4.79 Å². The Morgan fingerprint density at radius 2 is 1.95 bits per heavy atom. The van der Waals surface area contributed by atoms with E-state index in [1.807, 2.05) is 30.1 Å². The largest absolute Gasteiger partial charge is 0.334 e. The zero-order chi connectivity index (χ0) is 14.3. The summed E-state index contributed by atoms with van der Waals surface area (Å²) in [5, 5.41) is 0. The minimum Gasteiger partial charge on any atom is -0.334 e. The maximum Gasteiger partial charge on any atom is 0.254 e. The summed E-state index contributed by atoms with van der Waals surface area (Å²) in [6.45, 7) is 2.12. The molecule has 3 heteroatoms. The van der Waals surface area contributed by atoms with Gasteiger partial charge >= 0.3 is 0 Å². The first-order valence-electron chi connectivity index (χ1n) is 6.69. The number of likely N-dealkylation sites (N-methyl/N-ethyl adjacent to an activating group) is 1. The second kappa shape index (κ2) is 5.06. The van der Waals surface area contributed by atoms with Gasteiger partial charge in [-0.1, -0.05) is 40.2 Å². The predicted octanol–water partition coefficient (Wildman–Crippen LogP) is 4.13. The average molecular weight is 330 g/mol. The molecule has 0 saturated heterocycles. The van der Waals surface area contributed by atoms with Crippen LogP contribution in [0.1, 0.15) is 33.1 Å². The lowest BCUT2D eigenvalue weighted by molar-refractivity contribution is 0.0774. The number of amides is 1. The van der Waals surface area contributed by atoms with E-state index in [0.717, 1.165) is 22.0 Å². The predicted molar refractivity (Wildman–Crippen MR) is 83.9 cm³/mol. The van der Waals surface area contributed by atoms with Crippen LogP contribution in [0.25, 0.3) is 0 Å². The molecule has 2 nitrogen and oxygen atoms in total. The van der Waals surface area contributed by atoms with Crippen molar-refractivity contribution in [3.8, 4) is 0 Å². The average Bonchev–Trinajstić information content (AvgIpc) is 2.68. The Bertz CT molecular complexity index is 680. The molecule has 0 bridgehead atoms. The van der Waals surface area contributed by atoms with Gasteiger partial charge in [-0.05, 0) is 48.2 Å². The number of hydrogen-bond donors (Lipinski definition) is 0. The van der Waals surface area contributed by atoms with Crippen molar-refractivity contribution in [2.45, 2.75) is 19.4 Å². The Hall–Kier alpha value is -1.61. The van der Waals surface area contributed by atoms with E-state index in [4.69, 9.17) is 0 Å². The molecule has 20 heavy (non-hydrogen) atoms. The highest BCUT2D eigenvalue weighted by atomic mass is 79.9. The summed E-state index contributed by atoms with van der Waals surface area (Å²) in [7, 11) is 1.89. The summed E-state index contributed by atoms with van der Waals surface area (Å²) in [6, 6.07) is 14.4. The van der Waals surface area contributed by atoms with E-state index in [1.165, 1.54) is 11.1 Å². The lowest BCUT2D eigenvalue weighted by Gasteiger charge is -2.21. The Kier molecular flexibility index (Phi) is 3.38. The van der Waals surface area contributed by atoms with Crippen molar-refractivity contribution in [2.24, 2.45) is 0 Å². The van der Waals surface area contributed by atoms with Crippen molar-refractivity contribution in [3.63, 3.8) is 0 Å². The first-order chi connectivity index (χ1) is 9.58. The fourth-order valence-corrected chi connectivity index (χ4v) is 3.25. The molecule has 0 spiro atoms. The van der Waals surface area contributed by atoms with Gasteiger partial charge in [-0.25, -0.2) is 0 Å². The summed E-state index contributed by atoms with van der Waals surface area (Å²) >= 11 is 3.52. The van der Waals surface area contributed by atoms with Gasteiger partial charge in [0.25, 0.3) is 5.91 Å². The summed E-state index contributed by atoms with van der Waals surface area (Å²) in [6.07, 6.45) is 0.852. The molecule has 3 rings (SSSR count). The van der Waals surface area contributed by atoms with Gasteiger partial charge in [-0.15, -0.1) is 0 Å². The molecule has 0 fully saturated rings. The number of fused-ring (bicyclic) bond motifs is 1. The molecule has 0 aromatic heterocycles. The third-order valence-corrected chi connectivity index (χ3v) is 4.56. The molecule has 1 aliphatic heterocycles. The first-order valence-corrected chi connectivity index (χ1v) is 7.48. The van der Waals surface area contributed by atoms with Crippen molar-refractivity contribution >= 4 is 21.8 Å². The monoisotopic (exact) mass is 329 g/mol. The van der Waals surface area contributed by atoms with Gasteiger partial charge in [0.2, 0.25) is 0 Å². The normalized spacial score (nSPS) is 17.4. The van der Waals surface area contributed by atoms with E-state index in [0.29, 0.717) is 0 Å². The lowest BCUT2D eigenvalue weighted by Crippen LogP contribution is -2.24. The third-order valence-electron chi connectivity index (χ3n) is 4.06. The van der Waals surface area contributed by atoms with Gasteiger partial charge < -0.3 is 4.90 Å². The van der Waals surface area contributed by atoms with Crippen molar-refractivity contribution in [1.82, 2.24) is 4.90 Å². The summed E-state index contributed by atoms with van der Waals surface area (Å²) in [5.41, 5.74) is 4.52. The zero-order valence-corrected chi connectivity index (χ0v) is 13.1. The number of hydrogen-bond acceptors (Lipinski definition) is 1. The molecule has 1 aliphatic rings. The number of carbonyl (C=O) groups excluding carboxylic acids is 1. The Morgan fingerprint density at radius 1 is 1.20 bits per heavy atom. The molecule has 0 N–H and O–H groups in total. The van der Waals surface area contributed by atoms with Crippen LogP contribution >= 0.6 is 15.9 Å². The highest BCUT2D eigenvalue weighted by Gasteiger charge is 2.33. The maximum absolute atomic E-state index is 12.3. The summed E-state index contributed by atoms with van der Waals surface area (Å²) < 4.78 is 1.08. The molecule has 1 heterocycles. The molecular formula is C17H16BrNO. The van der Waals surface area contributed by atoms with Crippen LogP contribution in [0.4, 0.5) is 0 Å². The van der Waals surface area contributed by atoms with Crippen LogP contribution in [0.15, 0.2) is 46.9 Å². The van der Waals surface area contributed by atoms with Crippen LogP contribution in [-0.2, 0) is 6.42 Å². The highest BCUT2D eigenvalue weighted by Crippen LogP contribution is 2.35. The maximum atomic E-state index is 12.3. The SMILES string of the molecule is Cc1ccc(Br)cc1CC1c2ccccc2C(=O)N1C. The molecule has 1 unspecified atom stereocenters. The number of carbonyl (C=O) groups is 1. The second-order valence-electron chi connectivity index (χ2n) is 5.29. The quantitative estimate of drug-likeness (QED) is 0.811. The molecule has 0 radical (unpaired) electrons. The van der Waals surface area contributed by atoms with Crippen LogP contribution < -0.4 is 0 Å². The van der Waals surface area contributed by atoms with E-state index >= 15 is 0 Å². The number of nitrogens with zero attached hydrogens (tertiary/aromatic N) is 1. The molecule has 0 saturated carbocycles. The fourth-order valence-electron chi connectivity index (χ4n) is 2.84. The molecule has 1 atom stereocenters. The van der Waals surface area contributed by atoms with Crippen LogP contribution in [0.2, 0.25) is 0 Å². The third kappa shape index (κ3) is 2.16. The lowest BCUT2D eigenvalue weighted by atomic mass is 9.96. The van der Waals surface area contributed by atoms with Crippen molar-refractivity contribution in [1.29, 1.82) is 0 Å². The number of aryl methyl sites for hydroxylation is 1. The van der Waals surface area contributed by atoms with E-state index < -0.39 is 0 Å². The van der Waals surface area contributed by atoms with Gasteiger partial charge in [0.05, 0.1) is 6.04 Å². The van der Waals surface area contributed by atoms with Crippen LogP contribution in [0, 0.1) is 6.92 Å². The van der Waals surface area contributed by atoms with Crippen LogP contribution in [0.5, 0.6) is 0 Å². The Morgan fingerprint density at radius 3 is 2.75 bits per heavy atom. The number of benzene rings is 2. The van der Waals surface area contributed by atoms with Gasteiger partial charge in [-0.3, -0.25) is 4.79 Å².